The summed E-state index contributed by atoms with van der Waals surface area (Å²) >= 11 is 0. The summed E-state index contributed by atoms with van der Waals surface area (Å²) in [5.41, 5.74) is 0.282. The first-order valence-electron chi connectivity index (χ1n) is 6.85. The van der Waals surface area contributed by atoms with E-state index in [2.05, 4.69) is 10.2 Å². The number of nitriles is 1. The van der Waals surface area contributed by atoms with Gasteiger partial charge in [-0.25, -0.2) is 0 Å². The van der Waals surface area contributed by atoms with Crippen LogP contribution in [0.5, 0.6) is 0 Å². The number of nitrogens with zero attached hydrogens (tertiary/aromatic N) is 4. The summed E-state index contributed by atoms with van der Waals surface area (Å²) in [6.07, 6.45) is 4.18. The van der Waals surface area contributed by atoms with Crippen molar-refractivity contribution in [1.82, 2.24) is 0 Å². The predicted molar refractivity (Wildman–Crippen MR) is 85.6 cm³/mol. The number of nitro benzene ring substituents is 1. The van der Waals surface area contributed by atoms with Crippen molar-refractivity contribution in [2.24, 2.45) is 10.2 Å². The van der Waals surface area contributed by atoms with Crippen LogP contribution in [0.3, 0.4) is 0 Å². The first-order chi connectivity index (χ1) is 12.0. The molecule has 9 nitrogen and oxygen atoms in total. The van der Waals surface area contributed by atoms with E-state index in [9.17, 15) is 14.9 Å². The van der Waals surface area contributed by atoms with Gasteiger partial charge in [0.15, 0.2) is 17.2 Å². The summed E-state index contributed by atoms with van der Waals surface area (Å²) in [5.74, 6) is -0.253. The van der Waals surface area contributed by atoms with Gasteiger partial charge < -0.3 is 9.47 Å². The lowest BCUT2D eigenvalue weighted by molar-refractivity contribution is -0.384. The Bertz CT molecular complexity index is 864. The van der Waals surface area contributed by atoms with Crippen molar-refractivity contribution in [2.45, 2.75) is 0 Å². The minimum absolute atomic E-state index is 0.000347. The number of rotatable bonds is 5. The summed E-state index contributed by atoms with van der Waals surface area (Å²) < 4.78 is 9.93. The molecule has 0 bridgehead atoms. The number of azo groups is 1. The van der Waals surface area contributed by atoms with Gasteiger partial charge in [0.1, 0.15) is 0 Å². The number of ether oxygens (including phenoxy) is 2. The van der Waals surface area contributed by atoms with Crippen LogP contribution in [0.2, 0.25) is 0 Å². The molecule has 0 N–H and O–H groups in total. The normalized spacial score (nSPS) is 13.8. The van der Waals surface area contributed by atoms with Crippen LogP contribution in [0.4, 0.5) is 11.4 Å². The van der Waals surface area contributed by atoms with Gasteiger partial charge in [0, 0.05) is 11.6 Å². The van der Waals surface area contributed by atoms with Gasteiger partial charge in [-0.3, -0.25) is 14.9 Å². The topological polar surface area (TPSA) is 127 Å². The lowest BCUT2D eigenvalue weighted by Gasteiger charge is -2.12. The third-order valence-corrected chi connectivity index (χ3v) is 3.16. The Morgan fingerprint density at radius 2 is 1.88 bits per heavy atom. The van der Waals surface area contributed by atoms with E-state index in [0.717, 1.165) is 6.07 Å². The molecule has 0 fully saturated rings. The first kappa shape index (κ1) is 17.6. The highest BCUT2D eigenvalue weighted by Crippen LogP contribution is 2.28. The standard InChI is InChI=1S/C16H12N4O5/c1-24-14-6-11(7-15(25-2)16(14)21)9-18-19-12-4-3-10(8-17)5-13(12)20(22)23/h3-7,9H,1-2H3. The van der Waals surface area contributed by atoms with Gasteiger partial charge >= 0.3 is 0 Å². The van der Waals surface area contributed by atoms with Crippen LogP contribution >= 0.6 is 0 Å². The molecule has 1 aliphatic carbocycles. The zero-order valence-corrected chi connectivity index (χ0v) is 13.3. The average molecular weight is 340 g/mol. The van der Waals surface area contributed by atoms with Crippen LogP contribution in [0.15, 0.2) is 63.9 Å². The number of hydrogen-bond acceptors (Lipinski definition) is 8. The number of ketones is 1. The maximum atomic E-state index is 11.8. The average Bonchev–Trinajstić information content (AvgIpc) is 2.62. The van der Waals surface area contributed by atoms with Gasteiger partial charge in [0.25, 0.3) is 11.5 Å². The molecule has 25 heavy (non-hydrogen) atoms. The highest BCUT2D eigenvalue weighted by molar-refractivity contribution is 6.07. The van der Waals surface area contributed by atoms with Gasteiger partial charge in [-0.15, -0.1) is 5.11 Å². The second-order valence-corrected chi connectivity index (χ2v) is 4.67. The molecular weight excluding hydrogens is 328 g/mol. The zero-order chi connectivity index (χ0) is 18.4. The molecule has 0 atom stereocenters. The number of allylic oxidation sites excluding steroid dienone is 3. The highest BCUT2D eigenvalue weighted by atomic mass is 16.6. The van der Waals surface area contributed by atoms with Crippen LogP contribution in [0.1, 0.15) is 5.56 Å². The molecule has 1 aliphatic rings. The second kappa shape index (κ2) is 7.65. The molecule has 0 saturated carbocycles. The molecule has 0 spiro atoms. The van der Waals surface area contributed by atoms with Crippen LogP contribution < -0.4 is 0 Å². The molecule has 0 aliphatic heterocycles. The van der Waals surface area contributed by atoms with Gasteiger partial charge in [-0.2, -0.15) is 10.4 Å². The Balaban J connectivity index is 2.34. The van der Waals surface area contributed by atoms with Crippen molar-refractivity contribution in [2.75, 3.05) is 14.2 Å². The fraction of sp³-hybridized carbons (Fsp3) is 0.125. The van der Waals surface area contributed by atoms with E-state index in [1.54, 1.807) is 0 Å². The van der Waals surface area contributed by atoms with Crippen molar-refractivity contribution >= 4 is 17.2 Å². The molecule has 0 amide bonds. The fourth-order valence-electron chi connectivity index (χ4n) is 1.96. The molecule has 1 aromatic carbocycles. The minimum atomic E-state index is -0.645. The number of hydrogen-bond donors (Lipinski definition) is 0. The summed E-state index contributed by atoms with van der Waals surface area (Å²) in [5, 5.41) is 27.4. The molecule has 2 rings (SSSR count). The van der Waals surface area contributed by atoms with E-state index in [1.807, 2.05) is 6.07 Å². The predicted octanol–water partition coefficient (Wildman–Crippen LogP) is 3.08. The lowest BCUT2D eigenvalue weighted by Crippen LogP contribution is -2.13. The summed E-state index contributed by atoms with van der Waals surface area (Å²) in [4.78, 5) is 22.2. The highest BCUT2D eigenvalue weighted by Gasteiger charge is 2.21. The number of carbonyl (C=O) groups is 1. The quantitative estimate of drug-likeness (QED) is 0.460. The molecule has 126 valence electrons. The molecule has 9 heteroatoms. The first-order valence-corrected chi connectivity index (χ1v) is 6.85. The minimum Gasteiger partial charge on any atom is -0.492 e. The van der Waals surface area contributed by atoms with E-state index >= 15 is 0 Å². The summed E-state index contributed by atoms with van der Waals surface area (Å²) in [6.45, 7) is 0. The van der Waals surface area contributed by atoms with Crippen molar-refractivity contribution < 1.29 is 19.2 Å². The number of Topliss-reactive ketones (excluding diaryl/α,β-unsaturated/α-hetero) is 1. The van der Waals surface area contributed by atoms with E-state index in [0.29, 0.717) is 5.57 Å². The SMILES string of the molecule is COC1=CC(=CN=Nc2ccc(C#N)cc2[N+](=O)[O-])C=C(OC)C1=O. The van der Waals surface area contributed by atoms with Gasteiger partial charge in [0.2, 0.25) is 0 Å². The largest absolute Gasteiger partial charge is 0.492 e. The molecule has 0 radical (unpaired) electrons. The number of benzene rings is 1. The summed E-state index contributed by atoms with van der Waals surface area (Å²) in [6, 6.07) is 5.67. The van der Waals surface area contributed by atoms with Crippen LogP contribution in [0, 0.1) is 21.4 Å². The zero-order valence-electron chi connectivity index (χ0n) is 13.3. The van der Waals surface area contributed by atoms with Crippen molar-refractivity contribution in [3.63, 3.8) is 0 Å². The monoisotopic (exact) mass is 340 g/mol. The third kappa shape index (κ3) is 3.94. The maximum Gasteiger partial charge on any atom is 0.298 e. The number of nitro groups is 1. The molecule has 0 aromatic heterocycles. The Morgan fingerprint density at radius 1 is 1.24 bits per heavy atom. The smallest absolute Gasteiger partial charge is 0.298 e. The van der Waals surface area contributed by atoms with E-state index in [1.165, 1.54) is 44.7 Å². The van der Waals surface area contributed by atoms with Gasteiger partial charge in [-0.1, -0.05) is 0 Å². The van der Waals surface area contributed by atoms with E-state index < -0.39 is 10.7 Å². The number of carbonyl (C=O) groups excluding carboxylic acids is 1. The lowest BCUT2D eigenvalue weighted by atomic mass is 10.1. The Morgan fingerprint density at radius 3 is 2.40 bits per heavy atom. The maximum absolute atomic E-state index is 11.8. The second-order valence-electron chi connectivity index (χ2n) is 4.67. The molecule has 1 aromatic rings. The van der Waals surface area contributed by atoms with E-state index in [-0.39, 0.29) is 28.5 Å². The van der Waals surface area contributed by atoms with Crippen molar-refractivity contribution in [3.05, 3.63) is 69.3 Å². The molecule has 0 unspecified atom stereocenters. The fourth-order valence-corrected chi connectivity index (χ4v) is 1.96. The van der Waals surface area contributed by atoms with Gasteiger partial charge in [0.05, 0.1) is 37.0 Å². The van der Waals surface area contributed by atoms with Crippen LogP contribution in [0.25, 0.3) is 0 Å². The van der Waals surface area contributed by atoms with Crippen LogP contribution in [-0.2, 0) is 14.3 Å². The molecular formula is C16H12N4O5. The Hall–Kier alpha value is -3.80. The van der Waals surface area contributed by atoms with Crippen molar-refractivity contribution in [3.8, 4) is 6.07 Å². The third-order valence-electron chi connectivity index (χ3n) is 3.16. The molecule has 0 heterocycles. The Labute approximate surface area is 142 Å². The number of methoxy groups -OCH3 is 2. The van der Waals surface area contributed by atoms with Crippen molar-refractivity contribution in [1.29, 1.82) is 5.26 Å². The Kier molecular flexibility index (Phi) is 5.37. The van der Waals surface area contributed by atoms with E-state index in [4.69, 9.17) is 14.7 Å². The molecule has 0 saturated heterocycles. The summed E-state index contributed by atoms with van der Waals surface area (Å²) in [7, 11) is 2.70. The van der Waals surface area contributed by atoms with Gasteiger partial charge in [-0.05, 0) is 24.3 Å². The van der Waals surface area contributed by atoms with Crippen LogP contribution in [-0.4, -0.2) is 24.9 Å².